The third-order valence-corrected chi connectivity index (χ3v) is 12.2. The molecule has 0 saturated heterocycles. The zero-order valence-electron chi connectivity index (χ0n) is 35.8. The van der Waals surface area contributed by atoms with Gasteiger partial charge in [0.2, 0.25) is 5.95 Å². The molecule has 4 nitrogen and oxygen atoms in total. The first kappa shape index (κ1) is 34.1. The largest absolute Gasteiger partial charge is 0.360 e. The Labute approximate surface area is 347 Å². The molecule has 0 aliphatic heterocycles. The van der Waals surface area contributed by atoms with Crippen LogP contribution >= 0.6 is 0 Å². The quantitative estimate of drug-likeness (QED) is 0.0948. The van der Waals surface area contributed by atoms with Crippen LogP contribution < -0.4 is 5.19 Å². The summed E-state index contributed by atoms with van der Waals surface area (Å²) in [5, 5.41) is 3.40. The van der Waals surface area contributed by atoms with E-state index in [0.29, 0.717) is 18.7 Å². The number of hydrogen-bond donors (Lipinski definition) is 0. The number of nitrogens with zero attached hydrogens (tertiary/aromatic N) is 4. The van der Waals surface area contributed by atoms with Crippen molar-refractivity contribution in [1.82, 2.24) is 19.5 Å². The van der Waals surface area contributed by atoms with Gasteiger partial charge in [0.05, 0.1) is 24.9 Å². The molecule has 9 rings (SSSR count). The van der Waals surface area contributed by atoms with Crippen molar-refractivity contribution < 1.29 is 34.4 Å². The van der Waals surface area contributed by atoms with Gasteiger partial charge in [-0.25, -0.2) is 4.98 Å². The maximum absolute atomic E-state index is 14.7. The summed E-state index contributed by atoms with van der Waals surface area (Å²) < 4.78 is 61.7. The summed E-state index contributed by atoms with van der Waals surface area (Å²) in [6.07, 6.45) is 2.29. The van der Waals surface area contributed by atoms with Gasteiger partial charge in [-0.1, -0.05) is 123 Å². The number of benzene rings is 5. The number of halogens is 2. The summed E-state index contributed by atoms with van der Waals surface area (Å²) in [5.41, 5.74) is 8.93. The van der Waals surface area contributed by atoms with Gasteiger partial charge in [0, 0.05) is 49.8 Å². The Bertz CT molecular complexity index is 2890. The van der Waals surface area contributed by atoms with Crippen LogP contribution in [-0.2, 0) is 33.1 Å². The van der Waals surface area contributed by atoms with Crippen LogP contribution in [0.25, 0.3) is 55.6 Å². The number of rotatable bonds is 6. The van der Waals surface area contributed by atoms with E-state index in [2.05, 4.69) is 107 Å². The Morgan fingerprint density at radius 3 is 2.29 bits per heavy atom. The van der Waals surface area contributed by atoms with E-state index in [1.54, 1.807) is 26.1 Å². The summed E-state index contributed by atoms with van der Waals surface area (Å²) in [6, 6.07) is 41.0. The fourth-order valence-electron chi connectivity index (χ4n) is 7.39. The monoisotopic (exact) mass is 937 g/mol. The first-order chi connectivity index (χ1) is 28.0. The number of aryl methyl sites for hydroxylation is 1. The van der Waals surface area contributed by atoms with Crippen molar-refractivity contribution in [2.45, 2.75) is 59.2 Å². The number of fused-ring (bicyclic) bond motifs is 5. The van der Waals surface area contributed by atoms with E-state index in [4.69, 9.17) is 10.5 Å². The Morgan fingerprint density at radius 2 is 1.55 bits per heavy atom. The molecule has 3 heterocycles. The minimum Gasteiger partial charge on any atom is -0.360 e. The molecule has 0 unspecified atom stereocenters. The second kappa shape index (κ2) is 15.8. The zero-order valence-corrected chi connectivity index (χ0v) is 35.2. The summed E-state index contributed by atoms with van der Waals surface area (Å²) >= 11 is 0. The molecule has 56 heavy (non-hydrogen) atoms. The molecule has 1 aliphatic carbocycles. The molecule has 0 bridgehead atoms. The van der Waals surface area contributed by atoms with E-state index >= 15 is 0 Å². The van der Waals surface area contributed by atoms with Crippen molar-refractivity contribution in [2.75, 3.05) is 0 Å². The number of imidazole rings is 1. The fraction of sp³-hybridized carbons (Fsp3) is 0.188. The van der Waals surface area contributed by atoms with Crippen molar-refractivity contribution in [1.29, 1.82) is 0 Å². The Kier molecular flexibility index (Phi) is 9.61. The third-order valence-electron chi connectivity index (χ3n) is 10.1. The van der Waals surface area contributed by atoms with Crippen molar-refractivity contribution in [3.63, 3.8) is 0 Å². The molecule has 0 saturated carbocycles. The van der Waals surface area contributed by atoms with Gasteiger partial charge >= 0.3 is 0 Å². The van der Waals surface area contributed by atoms with E-state index in [0.717, 1.165) is 55.6 Å². The maximum atomic E-state index is 14.7. The first-order valence-corrected chi connectivity index (χ1v) is 21.8. The first-order valence-electron chi connectivity index (χ1n) is 20.3. The molecule has 283 valence electrons. The fourth-order valence-corrected chi connectivity index (χ4v) is 8.97. The van der Waals surface area contributed by atoms with Crippen molar-refractivity contribution in [3.05, 3.63) is 167 Å². The summed E-state index contributed by atoms with van der Waals surface area (Å²) in [6.45, 7) is 8.23. The van der Waals surface area contributed by atoms with Crippen molar-refractivity contribution >= 4 is 35.1 Å². The van der Waals surface area contributed by atoms with Crippen LogP contribution in [0.5, 0.6) is 0 Å². The average Bonchev–Trinajstić information content (AvgIpc) is 3.73. The van der Waals surface area contributed by atoms with E-state index in [-0.39, 0.29) is 31.2 Å². The molecule has 8 aromatic rings. The van der Waals surface area contributed by atoms with E-state index in [9.17, 15) is 8.78 Å². The van der Waals surface area contributed by atoms with Crippen LogP contribution in [0.2, 0.25) is 19.6 Å². The number of pyridine rings is 2. The van der Waals surface area contributed by atoms with Crippen molar-refractivity contribution in [2.24, 2.45) is 0 Å². The molecule has 3 aromatic heterocycles. The summed E-state index contributed by atoms with van der Waals surface area (Å²) in [4.78, 5) is 13.7. The number of aromatic nitrogens is 4. The topological polar surface area (TPSA) is 43.6 Å². The van der Waals surface area contributed by atoms with Gasteiger partial charge in [0.15, 0.2) is 0 Å². The van der Waals surface area contributed by atoms with Crippen LogP contribution in [0.1, 0.15) is 53.2 Å². The molecule has 5 aromatic carbocycles. The summed E-state index contributed by atoms with van der Waals surface area (Å²) in [5.74, 6) is -1.27. The number of hydrogen-bond acceptors (Lipinski definition) is 3. The van der Waals surface area contributed by atoms with Gasteiger partial charge in [-0.15, -0.1) is 47.5 Å². The van der Waals surface area contributed by atoms with E-state index in [1.807, 2.05) is 24.3 Å². The standard InChI is InChI=1S/C30H19FN3.C18H23FNSi.Ir/c31-29-14-13-23-22-11-6-12-24(25(22)17-26(23)32-29)30-33-27-15-20-9-4-5-10-21(20)16-28(27)34(30)18-19-7-2-1-3-8-19;1-12(2)15-10-16(20-11-17(15)21(4,5)6)14-9-7-8-13(3)18(14)19;/h1-11,13-16H,17-18H2;7-8,10-12H,1-6H3;/q2*-1;/i;3D3,12D;. The van der Waals surface area contributed by atoms with Crippen LogP contribution in [0.15, 0.2) is 115 Å². The molecule has 0 amide bonds. The second-order valence-electron chi connectivity index (χ2n) is 15.2. The van der Waals surface area contributed by atoms with E-state index in [1.165, 1.54) is 34.5 Å². The maximum Gasteiger partial charge on any atom is 0.213 e. The Morgan fingerprint density at radius 1 is 0.839 bits per heavy atom. The van der Waals surface area contributed by atoms with E-state index < -0.39 is 32.6 Å². The molecule has 1 aliphatic rings. The van der Waals surface area contributed by atoms with Gasteiger partial charge in [-0.3, -0.25) is 9.37 Å². The molecule has 0 N–H and O–H groups in total. The molecule has 8 heteroatoms. The van der Waals surface area contributed by atoms with Crippen LogP contribution in [0.4, 0.5) is 8.78 Å². The Balaban J connectivity index is 0.000000188. The van der Waals surface area contributed by atoms with Crippen molar-refractivity contribution in [3.8, 4) is 33.8 Å². The molecule has 0 fully saturated rings. The predicted octanol–water partition coefficient (Wildman–Crippen LogP) is 11.5. The SMILES string of the molecule is Fc1ccc2c(n1)Cc1c(-c3nc4cc5ccccc5cc4n3Cc3ccccc3)[c-]ccc1-2.[2H]C([2H])([2H])c1cc[c-]c(-c2cc(C([2H])(C)C)c([Si](C)(C)C)cn2)c1F.[Ir]. The van der Waals surface area contributed by atoms with Gasteiger partial charge < -0.3 is 9.55 Å². The molecule has 0 spiro atoms. The normalized spacial score (nSPS) is 13.4. The van der Waals surface area contributed by atoms with Crippen LogP contribution in [0.3, 0.4) is 0 Å². The smallest absolute Gasteiger partial charge is 0.213 e. The van der Waals surface area contributed by atoms with Gasteiger partial charge in [-0.2, -0.15) is 4.39 Å². The second-order valence-corrected chi connectivity index (χ2v) is 20.2. The molecule has 1 radical (unpaired) electrons. The van der Waals surface area contributed by atoms with Gasteiger partial charge in [0.1, 0.15) is 0 Å². The Hall–Kier alpha value is -5.14. The molecular formula is C48H42F2IrN4Si-2. The van der Waals surface area contributed by atoms with Crippen LogP contribution in [-0.4, -0.2) is 27.6 Å². The summed E-state index contributed by atoms with van der Waals surface area (Å²) in [7, 11) is -1.74. The zero-order chi connectivity index (χ0) is 41.9. The van der Waals surface area contributed by atoms with Gasteiger partial charge in [-0.05, 0) is 69.4 Å². The minimum atomic E-state index is -2.54. The van der Waals surface area contributed by atoms with Crippen LogP contribution in [0, 0.1) is 30.7 Å². The third kappa shape index (κ3) is 7.54. The molecular weight excluding hydrogens is 891 g/mol. The van der Waals surface area contributed by atoms with Gasteiger partial charge in [0.25, 0.3) is 0 Å². The predicted molar refractivity (Wildman–Crippen MR) is 223 cm³/mol. The molecule has 0 atom stereocenters. The minimum absolute atomic E-state index is 0. The average molecular weight is 937 g/mol.